The zero-order valence-corrected chi connectivity index (χ0v) is 29.0. The van der Waals surface area contributed by atoms with Crippen LogP contribution in [0, 0.1) is 5.92 Å². The van der Waals surface area contributed by atoms with Gasteiger partial charge in [-0.1, -0.05) is 75.7 Å². The molecule has 0 spiro atoms. The minimum Gasteiger partial charge on any atom is -0.491 e. The van der Waals surface area contributed by atoms with Crippen LogP contribution in [0.4, 0.5) is 11.4 Å². The lowest BCUT2D eigenvalue weighted by Crippen LogP contribution is -2.29. The van der Waals surface area contributed by atoms with Gasteiger partial charge in [0, 0.05) is 36.6 Å². The highest BCUT2D eigenvalue weighted by atomic mass is 32.2. The van der Waals surface area contributed by atoms with Gasteiger partial charge < -0.3 is 19.7 Å². The molecule has 0 atom stereocenters. The van der Waals surface area contributed by atoms with Crippen molar-refractivity contribution < 1.29 is 22.7 Å². The molecule has 5 rings (SSSR count). The van der Waals surface area contributed by atoms with Gasteiger partial charge in [0.05, 0.1) is 17.3 Å². The first-order valence-corrected chi connectivity index (χ1v) is 18.5. The second kappa shape index (κ2) is 16.6. The van der Waals surface area contributed by atoms with E-state index in [0.717, 1.165) is 59.7 Å². The molecule has 0 saturated heterocycles. The predicted molar refractivity (Wildman–Crippen MR) is 195 cm³/mol. The van der Waals surface area contributed by atoms with E-state index in [1.54, 1.807) is 36.4 Å². The second-order valence-corrected chi connectivity index (χ2v) is 14.6. The maximum Gasteiger partial charge on any atom is 0.251 e. The summed E-state index contributed by atoms with van der Waals surface area (Å²) in [5, 5.41) is 2.99. The number of carbonyl (C=O) groups excluding carboxylic acids is 1. The van der Waals surface area contributed by atoms with Gasteiger partial charge in [-0.3, -0.25) is 4.79 Å². The monoisotopic (exact) mass is 666 g/mol. The number of hydrogen-bond acceptors (Lipinski definition) is 6. The van der Waals surface area contributed by atoms with Gasteiger partial charge in [0.15, 0.2) is 9.84 Å². The van der Waals surface area contributed by atoms with Crippen molar-refractivity contribution in [3.63, 3.8) is 0 Å². The molecule has 48 heavy (non-hydrogen) atoms. The Labute approximate surface area is 285 Å². The fourth-order valence-corrected chi connectivity index (χ4v) is 7.08. The van der Waals surface area contributed by atoms with E-state index < -0.39 is 9.84 Å². The second-order valence-electron chi connectivity index (χ2n) is 12.6. The molecule has 7 nitrogen and oxygen atoms in total. The fourth-order valence-electron chi connectivity index (χ4n) is 5.73. The van der Waals surface area contributed by atoms with E-state index in [1.165, 1.54) is 0 Å². The van der Waals surface area contributed by atoms with E-state index >= 15 is 0 Å². The highest BCUT2D eigenvalue weighted by Crippen LogP contribution is 2.34. The van der Waals surface area contributed by atoms with E-state index in [2.05, 4.69) is 61.3 Å². The zero-order chi connectivity index (χ0) is 33.9. The number of unbranched alkanes of at least 4 members (excludes halogenated alkanes) is 1. The van der Waals surface area contributed by atoms with Gasteiger partial charge in [-0.2, -0.15) is 0 Å². The average molecular weight is 667 g/mol. The van der Waals surface area contributed by atoms with Gasteiger partial charge >= 0.3 is 0 Å². The summed E-state index contributed by atoms with van der Waals surface area (Å²) in [4.78, 5) is 16.2. The molecule has 4 aromatic carbocycles. The Kier molecular flexibility index (Phi) is 12.1. The van der Waals surface area contributed by atoms with Crippen molar-refractivity contribution in [2.75, 3.05) is 43.1 Å². The maximum atomic E-state index is 13.6. The van der Waals surface area contributed by atoms with Crippen LogP contribution in [0.5, 0.6) is 5.75 Å². The van der Waals surface area contributed by atoms with Crippen molar-refractivity contribution in [3.05, 3.63) is 114 Å². The molecule has 1 amide bonds. The van der Waals surface area contributed by atoms with Gasteiger partial charge in [-0.25, -0.2) is 8.42 Å². The van der Waals surface area contributed by atoms with E-state index in [1.807, 2.05) is 36.4 Å². The first kappa shape index (κ1) is 34.9. The van der Waals surface area contributed by atoms with E-state index in [-0.39, 0.29) is 16.6 Å². The molecule has 8 heteroatoms. The minimum atomic E-state index is -3.51. The molecular formula is C40H46N2O5S. The standard InChI is InChI=1S/C40H46N2O5S/c1-4-5-23-46-24-25-47-37-16-11-32(12-17-37)33-13-20-39-35(26-33)27-34(21-22-42(39)28-30(2)3)40(43)41-36-14-18-38(19-15-36)48(44,45)29-31-9-7-6-8-10-31/h6-20,26-27,30H,4-5,21-25,28-29H2,1-3H3,(H,41,43). The molecular weight excluding hydrogens is 621 g/mol. The van der Waals surface area contributed by atoms with Crippen LogP contribution in [0.25, 0.3) is 17.2 Å². The zero-order valence-electron chi connectivity index (χ0n) is 28.2. The lowest BCUT2D eigenvalue weighted by Gasteiger charge is -2.27. The Balaban J connectivity index is 1.30. The van der Waals surface area contributed by atoms with Crippen LogP contribution in [0.3, 0.4) is 0 Å². The summed E-state index contributed by atoms with van der Waals surface area (Å²) in [5.41, 5.74) is 6.16. The molecule has 0 saturated carbocycles. The Morgan fingerprint density at radius 3 is 2.31 bits per heavy atom. The van der Waals surface area contributed by atoms with Gasteiger partial charge in [0.2, 0.25) is 0 Å². The van der Waals surface area contributed by atoms with Crippen molar-refractivity contribution in [2.45, 2.75) is 50.7 Å². The van der Waals surface area contributed by atoms with E-state index in [4.69, 9.17) is 9.47 Å². The summed E-state index contributed by atoms with van der Waals surface area (Å²) < 4.78 is 37.4. The molecule has 0 unspecified atom stereocenters. The van der Waals surface area contributed by atoms with Crippen LogP contribution in [-0.2, 0) is 25.1 Å². The summed E-state index contributed by atoms with van der Waals surface area (Å²) in [6.45, 7) is 9.99. The molecule has 1 N–H and O–H groups in total. The van der Waals surface area contributed by atoms with Crippen LogP contribution in [0.2, 0.25) is 0 Å². The molecule has 1 aliphatic heterocycles. The van der Waals surface area contributed by atoms with Gasteiger partial charge in [0.1, 0.15) is 12.4 Å². The Morgan fingerprint density at radius 1 is 0.875 bits per heavy atom. The van der Waals surface area contributed by atoms with E-state index in [9.17, 15) is 13.2 Å². The van der Waals surface area contributed by atoms with Crippen LogP contribution in [0.1, 0.15) is 51.2 Å². The number of nitrogens with zero attached hydrogens (tertiary/aromatic N) is 1. The minimum absolute atomic E-state index is 0.0761. The number of ether oxygens (including phenoxy) is 2. The van der Waals surface area contributed by atoms with Crippen LogP contribution in [0.15, 0.2) is 108 Å². The van der Waals surface area contributed by atoms with E-state index in [0.29, 0.717) is 43.4 Å². The number of sulfone groups is 1. The fraction of sp³-hybridized carbons (Fsp3) is 0.325. The number of nitrogens with one attached hydrogen (secondary N) is 1. The van der Waals surface area contributed by atoms with Crippen molar-refractivity contribution in [2.24, 2.45) is 5.92 Å². The summed E-state index contributed by atoms with van der Waals surface area (Å²) in [5.74, 6) is 0.983. The quantitative estimate of drug-likeness (QED) is 0.128. The average Bonchev–Trinajstić information content (AvgIpc) is 3.26. The highest BCUT2D eigenvalue weighted by molar-refractivity contribution is 7.90. The third-order valence-electron chi connectivity index (χ3n) is 8.22. The number of amides is 1. The molecule has 252 valence electrons. The molecule has 0 bridgehead atoms. The summed E-state index contributed by atoms with van der Waals surface area (Å²) in [6.07, 6.45) is 4.75. The molecule has 0 radical (unpaired) electrons. The summed E-state index contributed by atoms with van der Waals surface area (Å²) in [7, 11) is -3.51. The molecule has 0 aromatic heterocycles. The lowest BCUT2D eigenvalue weighted by atomic mass is 10.00. The maximum absolute atomic E-state index is 13.6. The summed E-state index contributed by atoms with van der Waals surface area (Å²) in [6, 6.07) is 30.0. The largest absolute Gasteiger partial charge is 0.491 e. The Bertz CT molecular complexity index is 1780. The van der Waals surface area contributed by atoms with Gasteiger partial charge in [-0.05, 0) is 95.6 Å². The SMILES string of the molecule is CCCCOCCOc1ccc(-c2ccc3c(c2)C=C(C(=O)Nc2ccc(S(=O)(=O)Cc4ccccc4)cc2)CCN3CC(C)C)cc1. The smallest absolute Gasteiger partial charge is 0.251 e. The van der Waals surface area contributed by atoms with Gasteiger partial charge in [-0.15, -0.1) is 0 Å². The molecule has 0 fully saturated rings. The van der Waals surface area contributed by atoms with Crippen molar-refractivity contribution in [1.29, 1.82) is 0 Å². The molecule has 4 aromatic rings. The van der Waals surface area contributed by atoms with Crippen molar-refractivity contribution in [1.82, 2.24) is 0 Å². The third kappa shape index (κ3) is 9.58. The van der Waals surface area contributed by atoms with Crippen LogP contribution < -0.4 is 15.0 Å². The Hall–Kier alpha value is -4.40. The summed E-state index contributed by atoms with van der Waals surface area (Å²) >= 11 is 0. The third-order valence-corrected chi connectivity index (χ3v) is 9.93. The lowest BCUT2D eigenvalue weighted by molar-refractivity contribution is -0.112. The van der Waals surface area contributed by atoms with Gasteiger partial charge in [0.25, 0.3) is 5.91 Å². The predicted octanol–water partition coefficient (Wildman–Crippen LogP) is 8.41. The number of anilines is 2. The first-order valence-electron chi connectivity index (χ1n) is 16.8. The molecule has 0 aliphatic carbocycles. The molecule has 1 heterocycles. The number of carbonyl (C=O) groups is 1. The normalized spacial score (nSPS) is 13.1. The topological polar surface area (TPSA) is 84.9 Å². The number of benzene rings is 4. The number of hydrogen-bond donors (Lipinski definition) is 1. The molecule has 1 aliphatic rings. The van der Waals surface area contributed by atoms with Crippen molar-refractivity contribution in [3.8, 4) is 16.9 Å². The highest BCUT2D eigenvalue weighted by Gasteiger charge is 2.21. The van der Waals surface area contributed by atoms with Crippen LogP contribution in [-0.4, -0.2) is 47.2 Å². The number of rotatable bonds is 15. The number of fused-ring (bicyclic) bond motifs is 1. The Morgan fingerprint density at radius 2 is 1.60 bits per heavy atom. The first-order chi connectivity index (χ1) is 23.2. The van der Waals surface area contributed by atoms with Crippen LogP contribution >= 0.6 is 0 Å². The van der Waals surface area contributed by atoms with Crippen molar-refractivity contribution >= 4 is 33.2 Å².